The van der Waals surface area contributed by atoms with E-state index < -0.39 is 5.92 Å². The molecule has 2 N–H and O–H groups in total. The minimum Gasteiger partial charge on any atom is -0.352 e. The summed E-state index contributed by atoms with van der Waals surface area (Å²) in [6.45, 7) is 7.06. The third-order valence-corrected chi connectivity index (χ3v) is 6.46. The van der Waals surface area contributed by atoms with Gasteiger partial charge in [-0.1, -0.05) is 31.4 Å². The normalized spacial score (nSPS) is 19.4. The number of carbonyl (C=O) groups is 1. The maximum absolute atomic E-state index is 13.1. The number of aromatic nitrogens is 2. The molecule has 1 aliphatic carbocycles. The molecule has 0 unspecified atom stereocenters. The summed E-state index contributed by atoms with van der Waals surface area (Å²) in [5.74, 6) is -0.502. The Morgan fingerprint density at radius 2 is 1.87 bits per heavy atom. The Bertz CT molecular complexity index is 925. The van der Waals surface area contributed by atoms with Crippen molar-refractivity contribution in [2.24, 2.45) is 0 Å². The number of hydrogen-bond acceptors (Lipinski definition) is 5. The molecule has 7 heteroatoms. The fourth-order valence-corrected chi connectivity index (χ4v) is 4.59. The number of likely N-dealkylation sites (N-methyl/N-ethyl adjacent to an activating group) is 1. The van der Waals surface area contributed by atoms with E-state index >= 15 is 0 Å². The van der Waals surface area contributed by atoms with Crippen molar-refractivity contribution in [3.8, 4) is 6.07 Å². The number of carbonyl (C=O) groups excluding carboxylic acids is 1. The number of anilines is 1. The highest BCUT2D eigenvalue weighted by atomic mass is 16.2. The highest BCUT2D eigenvalue weighted by Crippen LogP contribution is 2.28. The van der Waals surface area contributed by atoms with Crippen molar-refractivity contribution in [1.82, 2.24) is 15.3 Å². The standard InChI is InChI=1S/C23H30N6O/c1-2-28-12-14-29(15-13-28)22-21(26-19-10-6-7-11-20(19)27-22)18(16-24)23(30)25-17-8-4-3-5-9-17/h6-7,10-11,17-18H,2-5,8-9,12-15H2,1H3,(H,25,30)/p+1/t18-/m0/s1. The van der Waals surface area contributed by atoms with Crippen LogP contribution in [0.3, 0.4) is 0 Å². The van der Waals surface area contributed by atoms with Crippen molar-refractivity contribution in [3.05, 3.63) is 30.0 Å². The van der Waals surface area contributed by atoms with Crippen molar-refractivity contribution >= 4 is 22.8 Å². The van der Waals surface area contributed by atoms with Crippen molar-refractivity contribution in [3.63, 3.8) is 0 Å². The van der Waals surface area contributed by atoms with Gasteiger partial charge in [0.1, 0.15) is 5.69 Å². The highest BCUT2D eigenvalue weighted by molar-refractivity contribution is 5.89. The van der Waals surface area contributed by atoms with E-state index in [2.05, 4.69) is 23.2 Å². The number of quaternary nitrogens is 1. The van der Waals surface area contributed by atoms with Crippen LogP contribution < -0.4 is 15.1 Å². The van der Waals surface area contributed by atoms with Crippen LogP contribution >= 0.6 is 0 Å². The zero-order valence-corrected chi connectivity index (χ0v) is 17.7. The second-order valence-electron chi connectivity index (χ2n) is 8.42. The number of para-hydroxylation sites is 2. The van der Waals surface area contributed by atoms with Crippen LogP contribution in [0.1, 0.15) is 50.6 Å². The highest BCUT2D eigenvalue weighted by Gasteiger charge is 2.32. The first kappa shape index (κ1) is 20.5. The zero-order chi connectivity index (χ0) is 20.9. The zero-order valence-electron chi connectivity index (χ0n) is 17.7. The van der Waals surface area contributed by atoms with Crippen LogP contribution in [0.2, 0.25) is 0 Å². The molecule has 1 aromatic carbocycles. The van der Waals surface area contributed by atoms with Crippen LogP contribution in [-0.2, 0) is 4.79 Å². The first-order chi connectivity index (χ1) is 14.7. The summed E-state index contributed by atoms with van der Waals surface area (Å²) in [6.07, 6.45) is 5.46. The van der Waals surface area contributed by atoms with E-state index in [-0.39, 0.29) is 11.9 Å². The van der Waals surface area contributed by atoms with Gasteiger partial charge in [-0.05, 0) is 31.9 Å². The minimum absolute atomic E-state index is 0.163. The van der Waals surface area contributed by atoms with Crippen molar-refractivity contribution in [1.29, 1.82) is 5.26 Å². The van der Waals surface area contributed by atoms with Gasteiger partial charge >= 0.3 is 0 Å². The lowest BCUT2D eigenvalue weighted by atomic mass is 9.94. The first-order valence-electron chi connectivity index (χ1n) is 11.2. The van der Waals surface area contributed by atoms with Crippen LogP contribution in [0.25, 0.3) is 11.0 Å². The molecular formula is C23H31N6O+. The molecule has 2 heterocycles. The van der Waals surface area contributed by atoms with E-state index in [1.54, 1.807) is 4.90 Å². The summed E-state index contributed by atoms with van der Waals surface area (Å²) < 4.78 is 0. The first-order valence-corrected chi connectivity index (χ1v) is 11.2. The smallest absolute Gasteiger partial charge is 0.243 e. The number of hydrogen-bond donors (Lipinski definition) is 2. The third-order valence-electron chi connectivity index (χ3n) is 6.46. The number of nitriles is 1. The molecule has 2 aromatic rings. The van der Waals surface area contributed by atoms with Gasteiger partial charge in [0.15, 0.2) is 11.7 Å². The monoisotopic (exact) mass is 407 g/mol. The maximum Gasteiger partial charge on any atom is 0.243 e. The largest absolute Gasteiger partial charge is 0.352 e. The predicted octanol–water partition coefficient (Wildman–Crippen LogP) is 1.41. The van der Waals surface area contributed by atoms with Crippen molar-refractivity contribution < 1.29 is 9.69 Å². The molecule has 7 nitrogen and oxygen atoms in total. The Labute approximate surface area is 178 Å². The van der Waals surface area contributed by atoms with Gasteiger partial charge in [-0.3, -0.25) is 4.79 Å². The molecule has 0 spiro atoms. The Balaban J connectivity index is 1.66. The molecular weight excluding hydrogens is 376 g/mol. The van der Waals surface area contributed by atoms with Crippen LogP contribution in [0.5, 0.6) is 0 Å². The van der Waals surface area contributed by atoms with Gasteiger partial charge in [0.25, 0.3) is 0 Å². The number of nitrogens with one attached hydrogen (secondary N) is 2. The van der Waals surface area contributed by atoms with Gasteiger partial charge in [-0.2, -0.15) is 5.26 Å². The fourth-order valence-electron chi connectivity index (χ4n) is 4.59. The van der Waals surface area contributed by atoms with Gasteiger partial charge in [0, 0.05) is 6.04 Å². The third kappa shape index (κ3) is 4.39. The summed E-state index contributed by atoms with van der Waals surface area (Å²) in [4.78, 5) is 26.5. The number of nitrogens with zero attached hydrogens (tertiary/aromatic N) is 4. The molecule has 0 bridgehead atoms. The maximum atomic E-state index is 13.1. The van der Waals surface area contributed by atoms with Crippen LogP contribution in [0, 0.1) is 11.3 Å². The molecule has 1 aliphatic heterocycles. The molecule has 1 saturated carbocycles. The van der Waals surface area contributed by atoms with E-state index in [0.29, 0.717) is 11.5 Å². The van der Waals surface area contributed by atoms with Crippen LogP contribution in [-0.4, -0.2) is 54.6 Å². The van der Waals surface area contributed by atoms with E-state index in [1.807, 2.05) is 24.3 Å². The van der Waals surface area contributed by atoms with Gasteiger partial charge in [-0.15, -0.1) is 0 Å². The molecule has 30 heavy (non-hydrogen) atoms. The second-order valence-corrected chi connectivity index (χ2v) is 8.42. The second kappa shape index (κ2) is 9.40. The van der Waals surface area contributed by atoms with Crippen LogP contribution in [0.4, 0.5) is 5.82 Å². The summed E-state index contributed by atoms with van der Waals surface area (Å²) >= 11 is 0. The molecule has 158 valence electrons. The summed E-state index contributed by atoms with van der Waals surface area (Å²) in [7, 11) is 0. The topological polar surface area (TPSA) is 86.3 Å². The lowest BCUT2D eigenvalue weighted by molar-refractivity contribution is -0.898. The van der Waals surface area contributed by atoms with Crippen molar-refractivity contribution in [2.75, 3.05) is 37.6 Å². The molecule has 1 saturated heterocycles. The molecule has 2 fully saturated rings. The molecule has 1 atom stereocenters. The summed E-state index contributed by atoms with van der Waals surface area (Å²) in [5.41, 5.74) is 2.01. The number of piperazine rings is 1. The lowest BCUT2D eigenvalue weighted by Gasteiger charge is -2.33. The molecule has 1 amide bonds. The number of benzene rings is 1. The summed E-state index contributed by atoms with van der Waals surface area (Å²) in [6, 6.07) is 10.1. The van der Waals surface area contributed by atoms with E-state index in [1.165, 1.54) is 6.42 Å². The van der Waals surface area contributed by atoms with E-state index in [4.69, 9.17) is 9.97 Å². The molecule has 2 aliphatic rings. The van der Waals surface area contributed by atoms with E-state index in [0.717, 1.165) is 69.4 Å². The Hall–Kier alpha value is -2.72. The Morgan fingerprint density at radius 1 is 1.20 bits per heavy atom. The Kier molecular flexibility index (Phi) is 6.44. The van der Waals surface area contributed by atoms with E-state index in [9.17, 15) is 10.1 Å². The molecule has 1 aromatic heterocycles. The number of rotatable bonds is 5. The average Bonchev–Trinajstić information content (AvgIpc) is 2.80. The summed E-state index contributed by atoms with van der Waals surface area (Å²) in [5, 5.41) is 13.1. The SMILES string of the molecule is CC[NH+]1CCN(c2nc3ccccc3nc2[C@H](C#N)C(=O)NC2CCCCC2)CC1. The lowest BCUT2D eigenvalue weighted by Crippen LogP contribution is -3.14. The van der Waals surface area contributed by atoms with Gasteiger partial charge in [0.2, 0.25) is 5.91 Å². The van der Waals surface area contributed by atoms with Crippen molar-refractivity contribution in [2.45, 2.75) is 51.0 Å². The van der Waals surface area contributed by atoms with Gasteiger partial charge < -0.3 is 15.1 Å². The van der Waals surface area contributed by atoms with Gasteiger partial charge in [-0.25, -0.2) is 9.97 Å². The quantitative estimate of drug-likeness (QED) is 0.783. The predicted molar refractivity (Wildman–Crippen MR) is 116 cm³/mol. The number of amides is 1. The molecule has 0 radical (unpaired) electrons. The fraction of sp³-hybridized carbons (Fsp3) is 0.565. The average molecular weight is 408 g/mol. The number of fused-ring (bicyclic) bond motifs is 1. The molecule has 4 rings (SSSR count). The minimum atomic E-state index is -0.949. The van der Waals surface area contributed by atoms with Gasteiger partial charge in [0.05, 0.1) is 49.8 Å². The van der Waals surface area contributed by atoms with Crippen LogP contribution in [0.15, 0.2) is 24.3 Å². The Morgan fingerprint density at radius 3 is 2.50 bits per heavy atom.